The summed E-state index contributed by atoms with van der Waals surface area (Å²) in [5.41, 5.74) is 4.82. The Morgan fingerprint density at radius 1 is 1.11 bits per heavy atom. The molecule has 2 N–H and O–H groups in total. The van der Waals surface area contributed by atoms with Gasteiger partial charge >= 0.3 is 0 Å². The third-order valence-corrected chi connectivity index (χ3v) is 5.80. The lowest BCUT2D eigenvalue weighted by Gasteiger charge is -2.28. The molecule has 1 atom stereocenters. The molecule has 1 unspecified atom stereocenters. The molecule has 0 bridgehead atoms. The lowest BCUT2D eigenvalue weighted by Crippen LogP contribution is -2.31. The second-order valence-corrected chi connectivity index (χ2v) is 8.34. The smallest absolute Gasteiger partial charge is 0.255 e. The largest absolute Gasteiger partial charge is 0.494 e. The van der Waals surface area contributed by atoms with Crippen LogP contribution in [0.5, 0.6) is 5.75 Å². The van der Waals surface area contributed by atoms with Crippen molar-refractivity contribution in [2.75, 3.05) is 17.2 Å². The molecule has 35 heavy (non-hydrogen) atoms. The average molecular weight is 467 g/mol. The molecule has 8 nitrogen and oxygen atoms in total. The van der Waals surface area contributed by atoms with Crippen LogP contribution in [-0.4, -0.2) is 32.3 Å². The Labute approximate surface area is 203 Å². The quantitative estimate of drug-likeness (QED) is 0.417. The van der Waals surface area contributed by atoms with Gasteiger partial charge in [-0.1, -0.05) is 29.8 Å². The van der Waals surface area contributed by atoms with E-state index in [9.17, 15) is 4.79 Å². The highest BCUT2D eigenvalue weighted by atomic mass is 16.5. The molecule has 8 heteroatoms. The number of hydrogen-bond donors (Lipinski definition) is 2. The van der Waals surface area contributed by atoms with E-state index in [0.29, 0.717) is 29.6 Å². The van der Waals surface area contributed by atoms with Crippen LogP contribution in [0.4, 0.5) is 11.6 Å². The first kappa shape index (κ1) is 22.3. The molecule has 176 valence electrons. The van der Waals surface area contributed by atoms with Gasteiger partial charge in [0.2, 0.25) is 5.95 Å². The number of hydrogen-bond acceptors (Lipinski definition) is 6. The number of ether oxygens (including phenoxy) is 1. The van der Waals surface area contributed by atoms with Crippen LogP contribution in [0.3, 0.4) is 0 Å². The summed E-state index contributed by atoms with van der Waals surface area (Å²) in [5.74, 6) is 1.71. The monoisotopic (exact) mass is 466 g/mol. The maximum Gasteiger partial charge on any atom is 0.255 e. The summed E-state index contributed by atoms with van der Waals surface area (Å²) >= 11 is 0. The minimum absolute atomic E-state index is 0.224. The van der Waals surface area contributed by atoms with Crippen LogP contribution in [-0.2, 0) is 4.79 Å². The SMILES string of the molecule is CCOc1ccc(-c2nc3n(n2)C(c2cccc(C)c2)C(C(=O)Nc2cccnc2)=C(C)N3)cc1. The fraction of sp³-hybridized carbons (Fsp3) is 0.185. The van der Waals surface area contributed by atoms with E-state index in [2.05, 4.69) is 21.7 Å². The Bertz CT molecular complexity index is 1390. The molecular weight excluding hydrogens is 440 g/mol. The van der Waals surface area contributed by atoms with Gasteiger partial charge in [-0.15, -0.1) is 5.10 Å². The zero-order valence-electron chi connectivity index (χ0n) is 19.8. The van der Waals surface area contributed by atoms with Gasteiger partial charge < -0.3 is 15.4 Å². The number of anilines is 2. The van der Waals surface area contributed by atoms with Crippen LogP contribution in [0.25, 0.3) is 11.4 Å². The molecular formula is C27H26N6O2. The number of aromatic nitrogens is 4. The standard InChI is InChI=1S/C27H26N6O2/c1-4-35-22-12-10-19(11-13-22)25-31-27-29-18(3)23(26(34)30-21-9-6-14-28-16-21)24(33(27)32-25)20-8-5-7-17(2)15-20/h5-16,24H,4H2,1-3H3,(H,30,34)(H,29,31,32). The number of benzene rings is 2. The lowest BCUT2D eigenvalue weighted by atomic mass is 9.94. The normalized spacial score (nSPS) is 14.8. The van der Waals surface area contributed by atoms with Gasteiger partial charge in [-0.05, 0) is 62.7 Å². The fourth-order valence-electron chi connectivity index (χ4n) is 4.22. The van der Waals surface area contributed by atoms with E-state index in [1.807, 2.05) is 69.3 Å². The molecule has 0 aliphatic carbocycles. The van der Waals surface area contributed by atoms with E-state index >= 15 is 0 Å². The molecule has 0 radical (unpaired) electrons. The van der Waals surface area contributed by atoms with E-state index in [-0.39, 0.29) is 5.91 Å². The van der Waals surface area contributed by atoms with Gasteiger partial charge in [0.15, 0.2) is 5.82 Å². The van der Waals surface area contributed by atoms with Crippen molar-refractivity contribution in [3.05, 3.63) is 95.5 Å². The number of allylic oxidation sites excluding steroid dienone is 1. The van der Waals surface area contributed by atoms with Gasteiger partial charge in [-0.3, -0.25) is 9.78 Å². The summed E-state index contributed by atoms with van der Waals surface area (Å²) in [4.78, 5) is 22.4. The Morgan fingerprint density at radius 2 is 1.94 bits per heavy atom. The molecule has 1 amide bonds. The zero-order valence-corrected chi connectivity index (χ0v) is 19.8. The second kappa shape index (κ2) is 9.42. The molecule has 0 saturated carbocycles. The molecule has 2 aromatic carbocycles. The molecule has 2 aromatic heterocycles. The molecule has 4 aromatic rings. The first-order valence-corrected chi connectivity index (χ1v) is 11.5. The van der Waals surface area contributed by atoms with Crippen molar-refractivity contribution in [3.8, 4) is 17.1 Å². The van der Waals surface area contributed by atoms with Crippen molar-refractivity contribution in [1.82, 2.24) is 19.7 Å². The second-order valence-electron chi connectivity index (χ2n) is 8.34. The zero-order chi connectivity index (χ0) is 24.4. The van der Waals surface area contributed by atoms with Crippen molar-refractivity contribution in [1.29, 1.82) is 0 Å². The number of pyridine rings is 1. The first-order valence-electron chi connectivity index (χ1n) is 11.5. The molecule has 0 fully saturated rings. The lowest BCUT2D eigenvalue weighted by molar-refractivity contribution is -0.113. The fourth-order valence-corrected chi connectivity index (χ4v) is 4.22. The van der Waals surface area contributed by atoms with Crippen molar-refractivity contribution in [3.63, 3.8) is 0 Å². The minimum atomic E-state index is -0.452. The number of amides is 1. The summed E-state index contributed by atoms with van der Waals surface area (Å²) in [7, 11) is 0. The van der Waals surface area contributed by atoms with Crippen molar-refractivity contribution in [2.24, 2.45) is 0 Å². The number of aryl methyl sites for hydroxylation is 1. The summed E-state index contributed by atoms with van der Waals surface area (Å²) in [6, 6.07) is 18.9. The Balaban J connectivity index is 1.57. The van der Waals surface area contributed by atoms with Crippen LogP contribution in [0.2, 0.25) is 0 Å². The highest BCUT2D eigenvalue weighted by Gasteiger charge is 2.34. The van der Waals surface area contributed by atoms with Crippen LogP contribution in [0.15, 0.2) is 84.3 Å². The topological polar surface area (TPSA) is 94.0 Å². The highest BCUT2D eigenvalue weighted by Crippen LogP contribution is 2.37. The van der Waals surface area contributed by atoms with Gasteiger partial charge in [0, 0.05) is 17.5 Å². The van der Waals surface area contributed by atoms with Gasteiger partial charge in [-0.25, -0.2) is 4.68 Å². The van der Waals surface area contributed by atoms with Crippen molar-refractivity contribution >= 4 is 17.5 Å². The van der Waals surface area contributed by atoms with Gasteiger partial charge in [0.25, 0.3) is 5.91 Å². The van der Waals surface area contributed by atoms with Crippen molar-refractivity contribution in [2.45, 2.75) is 26.8 Å². The maximum atomic E-state index is 13.5. The Morgan fingerprint density at radius 3 is 2.66 bits per heavy atom. The number of carbonyl (C=O) groups excluding carboxylic acids is 1. The Kier molecular flexibility index (Phi) is 6.01. The third kappa shape index (κ3) is 4.50. The number of nitrogens with one attached hydrogen (secondary N) is 2. The molecule has 3 heterocycles. The predicted octanol–water partition coefficient (Wildman–Crippen LogP) is 4.97. The van der Waals surface area contributed by atoms with E-state index < -0.39 is 6.04 Å². The van der Waals surface area contributed by atoms with E-state index in [0.717, 1.165) is 28.1 Å². The molecule has 5 rings (SSSR count). The average Bonchev–Trinajstić information content (AvgIpc) is 3.28. The van der Waals surface area contributed by atoms with Crippen LogP contribution >= 0.6 is 0 Å². The van der Waals surface area contributed by atoms with E-state index in [1.54, 1.807) is 23.1 Å². The number of carbonyl (C=O) groups is 1. The van der Waals surface area contributed by atoms with E-state index in [4.69, 9.17) is 14.8 Å². The molecule has 0 saturated heterocycles. The van der Waals surface area contributed by atoms with Gasteiger partial charge in [0.1, 0.15) is 11.8 Å². The summed E-state index contributed by atoms with van der Waals surface area (Å²) in [5, 5.41) is 11.1. The molecule has 1 aliphatic rings. The highest BCUT2D eigenvalue weighted by molar-refractivity contribution is 6.05. The summed E-state index contributed by atoms with van der Waals surface area (Å²) in [6.45, 7) is 6.47. The molecule has 0 spiro atoms. The van der Waals surface area contributed by atoms with Crippen LogP contribution in [0, 0.1) is 6.92 Å². The van der Waals surface area contributed by atoms with Crippen LogP contribution < -0.4 is 15.4 Å². The summed E-state index contributed by atoms with van der Waals surface area (Å²) < 4.78 is 7.34. The van der Waals surface area contributed by atoms with E-state index in [1.165, 1.54) is 0 Å². The predicted molar refractivity (Wildman–Crippen MR) is 135 cm³/mol. The third-order valence-electron chi connectivity index (χ3n) is 5.80. The van der Waals surface area contributed by atoms with Crippen LogP contribution in [0.1, 0.15) is 31.0 Å². The first-order chi connectivity index (χ1) is 17.0. The Hall–Kier alpha value is -4.46. The molecule has 1 aliphatic heterocycles. The maximum absolute atomic E-state index is 13.5. The number of rotatable bonds is 6. The van der Waals surface area contributed by atoms with Crippen molar-refractivity contribution < 1.29 is 9.53 Å². The van der Waals surface area contributed by atoms with Gasteiger partial charge in [-0.2, -0.15) is 4.98 Å². The number of fused-ring (bicyclic) bond motifs is 1. The number of nitrogens with zero attached hydrogens (tertiary/aromatic N) is 4. The minimum Gasteiger partial charge on any atom is -0.494 e. The summed E-state index contributed by atoms with van der Waals surface area (Å²) in [6.07, 6.45) is 3.29. The van der Waals surface area contributed by atoms with Gasteiger partial charge in [0.05, 0.1) is 24.1 Å².